The maximum absolute atomic E-state index is 13.0. The number of aryl methyl sites for hydroxylation is 1. The Morgan fingerprint density at radius 3 is 2.82 bits per heavy atom. The number of carbonyl (C=O) groups excluding carboxylic acids is 2. The quantitative estimate of drug-likeness (QED) is 0.716. The molecule has 2 aromatic carbocycles. The van der Waals surface area contributed by atoms with Crippen molar-refractivity contribution in [1.82, 2.24) is 15.2 Å². The maximum Gasteiger partial charge on any atom is 0.245 e. The van der Waals surface area contributed by atoms with Crippen LogP contribution in [0.2, 0.25) is 0 Å². The van der Waals surface area contributed by atoms with E-state index in [1.165, 1.54) is 12.1 Å². The summed E-state index contributed by atoms with van der Waals surface area (Å²) in [6, 6.07) is 11.6. The first-order chi connectivity index (χ1) is 13.5. The van der Waals surface area contributed by atoms with Gasteiger partial charge in [-0.05, 0) is 48.2 Å². The first kappa shape index (κ1) is 18.2. The number of hydrogen-bond acceptors (Lipinski definition) is 2. The summed E-state index contributed by atoms with van der Waals surface area (Å²) in [5.74, 6) is -0.548. The van der Waals surface area contributed by atoms with Gasteiger partial charge < -0.3 is 15.2 Å². The molecule has 0 unspecified atom stereocenters. The number of nitrogens with zero attached hydrogens (tertiary/aromatic N) is 1. The van der Waals surface area contributed by atoms with Crippen molar-refractivity contribution in [1.29, 1.82) is 0 Å². The normalized spacial score (nSPS) is 16.7. The van der Waals surface area contributed by atoms with Crippen LogP contribution in [0.3, 0.4) is 0 Å². The molecule has 0 spiro atoms. The summed E-state index contributed by atoms with van der Waals surface area (Å²) in [5, 5.41) is 3.94. The standard InChI is InChI=1S/C22H22FN3O2/c1-14-3-2-4-18-21(14)16(12-24-18)11-20(27)25-19-9-10-26(22(19)28)13-15-5-7-17(23)8-6-15/h2-8,12,19,24H,9-11,13H2,1H3,(H,25,27)/t19-/m0/s1. The summed E-state index contributed by atoms with van der Waals surface area (Å²) < 4.78 is 13.0. The molecule has 4 rings (SSSR count). The first-order valence-corrected chi connectivity index (χ1v) is 9.39. The fraction of sp³-hybridized carbons (Fsp3) is 0.273. The number of H-pyrrole nitrogens is 1. The fourth-order valence-electron chi connectivity index (χ4n) is 3.85. The molecule has 2 N–H and O–H groups in total. The van der Waals surface area contributed by atoms with Gasteiger partial charge in [-0.1, -0.05) is 24.3 Å². The highest BCUT2D eigenvalue weighted by Gasteiger charge is 2.32. The van der Waals surface area contributed by atoms with Gasteiger partial charge in [0.05, 0.1) is 6.42 Å². The van der Waals surface area contributed by atoms with Crippen molar-refractivity contribution < 1.29 is 14.0 Å². The Morgan fingerprint density at radius 1 is 1.25 bits per heavy atom. The third kappa shape index (κ3) is 3.63. The summed E-state index contributed by atoms with van der Waals surface area (Å²) >= 11 is 0. The van der Waals surface area contributed by atoms with Crippen LogP contribution in [-0.2, 0) is 22.6 Å². The Hall–Kier alpha value is -3.15. The van der Waals surface area contributed by atoms with Crippen molar-refractivity contribution in [2.45, 2.75) is 32.4 Å². The molecule has 1 saturated heterocycles. The highest BCUT2D eigenvalue weighted by molar-refractivity contribution is 5.93. The van der Waals surface area contributed by atoms with Crippen LogP contribution >= 0.6 is 0 Å². The topological polar surface area (TPSA) is 65.2 Å². The Morgan fingerprint density at radius 2 is 2.04 bits per heavy atom. The largest absolute Gasteiger partial charge is 0.361 e. The van der Waals surface area contributed by atoms with Gasteiger partial charge in [-0.2, -0.15) is 0 Å². The van der Waals surface area contributed by atoms with E-state index >= 15 is 0 Å². The molecule has 28 heavy (non-hydrogen) atoms. The summed E-state index contributed by atoms with van der Waals surface area (Å²) in [6.07, 6.45) is 2.67. The van der Waals surface area contributed by atoms with Crippen LogP contribution in [0.1, 0.15) is 23.1 Å². The van der Waals surface area contributed by atoms with Gasteiger partial charge in [-0.15, -0.1) is 0 Å². The van der Waals surface area contributed by atoms with E-state index in [9.17, 15) is 14.0 Å². The molecule has 1 aromatic heterocycles. The predicted octanol–water partition coefficient (Wildman–Crippen LogP) is 3.08. The molecular formula is C22H22FN3O2. The van der Waals surface area contributed by atoms with E-state index in [-0.39, 0.29) is 24.1 Å². The summed E-state index contributed by atoms with van der Waals surface area (Å²) in [5.41, 5.74) is 3.92. The van der Waals surface area contributed by atoms with Gasteiger partial charge in [0.2, 0.25) is 11.8 Å². The molecule has 1 fully saturated rings. The van der Waals surface area contributed by atoms with Gasteiger partial charge in [0.1, 0.15) is 11.9 Å². The van der Waals surface area contributed by atoms with Gasteiger partial charge in [0.25, 0.3) is 0 Å². The van der Waals surface area contributed by atoms with Crippen LogP contribution in [-0.4, -0.2) is 34.3 Å². The Labute approximate surface area is 162 Å². The van der Waals surface area contributed by atoms with Crippen molar-refractivity contribution in [3.05, 3.63) is 71.2 Å². The molecule has 0 radical (unpaired) electrons. The molecule has 1 atom stereocenters. The Kier molecular flexibility index (Phi) is 4.86. The molecule has 5 nitrogen and oxygen atoms in total. The van der Waals surface area contributed by atoms with E-state index in [0.717, 1.165) is 27.6 Å². The molecule has 0 saturated carbocycles. The average molecular weight is 379 g/mol. The zero-order valence-electron chi connectivity index (χ0n) is 15.7. The minimum Gasteiger partial charge on any atom is -0.361 e. The Balaban J connectivity index is 1.38. The van der Waals surface area contributed by atoms with Crippen LogP contribution in [0, 0.1) is 12.7 Å². The van der Waals surface area contributed by atoms with Crippen molar-refractivity contribution in [3.8, 4) is 0 Å². The second-order valence-corrected chi connectivity index (χ2v) is 7.28. The third-order valence-corrected chi connectivity index (χ3v) is 5.27. The molecule has 1 aliphatic rings. The molecule has 0 aliphatic carbocycles. The number of aromatic nitrogens is 1. The van der Waals surface area contributed by atoms with Crippen molar-refractivity contribution in [2.75, 3.05) is 6.54 Å². The molecule has 6 heteroatoms. The summed E-state index contributed by atoms with van der Waals surface area (Å²) in [6.45, 7) is 3.02. The Bertz CT molecular complexity index is 1030. The van der Waals surface area contributed by atoms with E-state index in [1.807, 2.05) is 31.3 Å². The number of benzene rings is 2. The number of fused-ring (bicyclic) bond motifs is 1. The van der Waals surface area contributed by atoms with Gasteiger partial charge in [-0.25, -0.2) is 4.39 Å². The molecule has 144 valence electrons. The highest BCUT2D eigenvalue weighted by Crippen LogP contribution is 2.23. The number of likely N-dealkylation sites (tertiary alicyclic amines) is 1. The van der Waals surface area contributed by atoms with Crippen molar-refractivity contribution in [3.63, 3.8) is 0 Å². The van der Waals surface area contributed by atoms with Crippen LogP contribution in [0.15, 0.2) is 48.7 Å². The molecule has 1 aliphatic heterocycles. The van der Waals surface area contributed by atoms with Crippen molar-refractivity contribution >= 4 is 22.7 Å². The van der Waals surface area contributed by atoms with Crippen LogP contribution in [0.4, 0.5) is 4.39 Å². The van der Waals surface area contributed by atoms with E-state index in [0.29, 0.717) is 19.5 Å². The van der Waals surface area contributed by atoms with Crippen LogP contribution < -0.4 is 5.32 Å². The number of amides is 2. The fourth-order valence-corrected chi connectivity index (χ4v) is 3.85. The second-order valence-electron chi connectivity index (χ2n) is 7.28. The van der Waals surface area contributed by atoms with E-state index in [4.69, 9.17) is 0 Å². The van der Waals surface area contributed by atoms with Crippen molar-refractivity contribution in [2.24, 2.45) is 0 Å². The van der Waals surface area contributed by atoms with Crippen LogP contribution in [0.5, 0.6) is 0 Å². The minimum atomic E-state index is -0.501. The van der Waals surface area contributed by atoms with Gasteiger partial charge in [0, 0.05) is 30.2 Å². The third-order valence-electron chi connectivity index (χ3n) is 5.27. The van der Waals surface area contributed by atoms with Gasteiger partial charge in [0.15, 0.2) is 0 Å². The number of rotatable bonds is 5. The smallest absolute Gasteiger partial charge is 0.245 e. The highest BCUT2D eigenvalue weighted by atomic mass is 19.1. The van der Waals surface area contributed by atoms with E-state index < -0.39 is 6.04 Å². The monoisotopic (exact) mass is 379 g/mol. The lowest BCUT2D eigenvalue weighted by Crippen LogP contribution is -2.41. The van der Waals surface area contributed by atoms with Crippen LogP contribution in [0.25, 0.3) is 10.9 Å². The predicted molar refractivity (Wildman–Crippen MR) is 105 cm³/mol. The minimum absolute atomic E-state index is 0.0900. The van der Waals surface area contributed by atoms with Gasteiger partial charge in [-0.3, -0.25) is 9.59 Å². The number of aromatic amines is 1. The molecular weight excluding hydrogens is 357 g/mol. The summed E-state index contributed by atoms with van der Waals surface area (Å²) in [4.78, 5) is 30.0. The zero-order valence-corrected chi connectivity index (χ0v) is 15.7. The number of carbonyl (C=O) groups is 2. The second kappa shape index (κ2) is 7.46. The lowest BCUT2D eigenvalue weighted by molar-refractivity contribution is -0.132. The SMILES string of the molecule is Cc1cccc2[nH]cc(CC(=O)N[C@H]3CCN(Cc4ccc(F)cc4)C3=O)c12. The number of nitrogens with one attached hydrogen (secondary N) is 2. The maximum atomic E-state index is 13.0. The molecule has 2 heterocycles. The summed E-state index contributed by atoms with van der Waals surface area (Å²) in [7, 11) is 0. The average Bonchev–Trinajstić information content (AvgIpc) is 3.23. The number of hydrogen-bond donors (Lipinski definition) is 2. The van der Waals surface area contributed by atoms with E-state index in [2.05, 4.69) is 10.3 Å². The lowest BCUT2D eigenvalue weighted by Gasteiger charge is -2.17. The van der Waals surface area contributed by atoms with Gasteiger partial charge >= 0.3 is 0 Å². The first-order valence-electron chi connectivity index (χ1n) is 9.39. The lowest BCUT2D eigenvalue weighted by atomic mass is 10.0. The molecule has 2 amide bonds. The zero-order chi connectivity index (χ0) is 19.7. The molecule has 3 aromatic rings. The molecule has 0 bridgehead atoms. The number of halogens is 1. The van der Waals surface area contributed by atoms with E-state index in [1.54, 1.807) is 17.0 Å².